The van der Waals surface area contributed by atoms with Gasteiger partial charge in [-0.3, -0.25) is 28.9 Å². The lowest BCUT2D eigenvalue weighted by Crippen LogP contribution is -2.51. The molecule has 1 N–H and O–H groups in total. The number of ether oxygens (including phenoxy) is 2. The van der Waals surface area contributed by atoms with E-state index < -0.39 is 82.6 Å². The van der Waals surface area contributed by atoms with Gasteiger partial charge in [-0.05, 0) is 63.3 Å². The Morgan fingerprint density at radius 3 is 2.30 bits per heavy atom. The predicted octanol–water partition coefficient (Wildman–Crippen LogP) is 5.75. The van der Waals surface area contributed by atoms with Gasteiger partial charge < -0.3 is 29.2 Å². The second kappa shape index (κ2) is 19.1. The molecule has 328 valence electrons. The van der Waals surface area contributed by atoms with Gasteiger partial charge in [0.25, 0.3) is 17.7 Å². The van der Waals surface area contributed by atoms with Crippen LogP contribution in [0.3, 0.4) is 0 Å². The van der Waals surface area contributed by atoms with E-state index in [2.05, 4.69) is 5.32 Å². The van der Waals surface area contributed by atoms with Crippen LogP contribution in [-0.4, -0.2) is 111 Å². The number of amides is 5. The summed E-state index contributed by atoms with van der Waals surface area (Å²) in [5.74, 6) is -5.21. The van der Waals surface area contributed by atoms with Crippen LogP contribution in [0, 0.1) is 23.0 Å². The van der Waals surface area contributed by atoms with E-state index in [0.29, 0.717) is 0 Å². The standard InChI is InChI=1S/C44H53F3N6O8/c1-27(60-28(2)54)41(58)53(24-30-23-51(25-34(30)47)42(59)61-43(3,4)5)39(44(6,7)18-19-48-36(55)17-20-52-37(56)15-16-38(52)57)40-49-35(32-21-31(45)13-14-33(32)46)26-50(40)22-29-11-9-8-10-12-29/h8-16,21,26-27,30,34,39H,17-20,22-25H2,1-7H3,(H,48,55)/t27-,30-,34-,39-/m0/s1. The van der Waals surface area contributed by atoms with Crippen molar-refractivity contribution < 1.29 is 51.4 Å². The van der Waals surface area contributed by atoms with Crippen molar-refractivity contribution in [3.63, 3.8) is 0 Å². The highest BCUT2D eigenvalue weighted by molar-refractivity contribution is 6.13. The molecule has 2 aliphatic heterocycles. The van der Waals surface area contributed by atoms with Crippen LogP contribution in [0.1, 0.15) is 78.7 Å². The van der Waals surface area contributed by atoms with Crippen LogP contribution >= 0.6 is 0 Å². The van der Waals surface area contributed by atoms with Crippen LogP contribution in [0.25, 0.3) is 11.3 Å². The summed E-state index contributed by atoms with van der Waals surface area (Å²) in [5.41, 5.74) is -1.27. The van der Waals surface area contributed by atoms with Crippen molar-refractivity contribution in [3.05, 3.63) is 89.9 Å². The summed E-state index contributed by atoms with van der Waals surface area (Å²) in [5, 5.41) is 2.81. The maximum absolute atomic E-state index is 16.2. The highest BCUT2D eigenvalue weighted by Gasteiger charge is 2.46. The molecule has 3 heterocycles. The van der Waals surface area contributed by atoms with Gasteiger partial charge in [0.05, 0.1) is 18.3 Å². The number of alkyl halides is 1. The third-order valence-corrected chi connectivity index (χ3v) is 10.5. The van der Waals surface area contributed by atoms with Crippen molar-refractivity contribution in [2.24, 2.45) is 11.3 Å². The first-order valence-corrected chi connectivity index (χ1v) is 20.1. The van der Waals surface area contributed by atoms with Crippen molar-refractivity contribution in [1.82, 2.24) is 29.6 Å². The molecule has 2 aromatic carbocycles. The Hall–Kier alpha value is -6.00. The summed E-state index contributed by atoms with van der Waals surface area (Å²) in [7, 11) is 0. The number of nitrogens with one attached hydrogen (secondary N) is 1. The van der Waals surface area contributed by atoms with Crippen molar-refractivity contribution in [1.29, 1.82) is 0 Å². The average Bonchev–Trinajstić information content (AvgIpc) is 3.85. The van der Waals surface area contributed by atoms with E-state index in [9.17, 15) is 33.2 Å². The molecule has 3 aromatic rings. The molecule has 2 aliphatic rings. The van der Waals surface area contributed by atoms with Crippen LogP contribution in [0.15, 0.2) is 66.9 Å². The summed E-state index contributed by atoms with van der Waals surface area (Å²) < 4.78 is 58.8. The Bertz CT molecular complexity index is 2140. The van der Waals surface area contributed by atoms with Crippen LogP contribution in [0.5, 0.6) is 0 Å². The zero-order valence-corrected chi connectivity index (χ0v) is 35.5. The molecule has 5 rings (SSSR count). The van der Waals surface area contributed by atoms with E-state index in [1.807, 2.05) is 30.3 Å². The molecule has 17 heteroatoms. The van der Waals surface area contributed by atoms with Gasteiger partial charge >= 0.3 is 12.1 Å². The number of halogens is 3. The lowest BCUT2D eigenvalue weighted by atomic mass is 9.78. The average molecular weight is 851 g/mol. The third-order valence-electron chi connectivity index (χ3n) is 10.5. The van der Waals surface area contributed by atoms with E-state index >= 15 is 8.78 Å². The summed E-state index contributed by atoms with van der Waals surface area (Å²) >= 11 is 0. The molecule has 1 aromatic heterocycles. The number of esters is 1. The van der Waals surface area contributed by atoms with E-state index in [0.717, 1.165) is 47.7 Å². The van der Waals surface area contributed by atoms with Crippen LogP contribution < -0.4 is 5.32 Å². The van der Waals surface area contributed by atoms with Crippen LogP contribution in [0.2, 0.25) is 0 Å². The van der Waals surface area contributed by atoms with Gasteiger partial charge in [-0.25, -0.2) is 22.9 Å². The topological polar surface area (TPSA) is 160 Å². The molecule has 0 unspecified atom stereocenters. The van der Waals surface area contributed by atoms with Gasteiger partial charge in [-0.15, -0.1) is 0 Å². The molecule has 14 nitrogen and oxygen atoms in total. The molecule has 0 spiro atoms. The molecule has 1 saturated heterocycles. The molecular weight excluding hydrogens is 798 g/mol. The summed E-state index contributed by atoms with van der Waals surface area (Å²) in [4.78, 5) is 85.6. The smallest absolute Gasteiger partial charge is 0.410 e. The SMILES string of the molecule is CC(=O)O[C@@H](C)C(=O)N(C[C@@H]1CN(C(=O)OC(C)(C)C)C[C@@H]1F)[C@@H](c1nc(-c2cc(F)ccc2F)cn1Cc1ccccc1)C(C)(C)CCNC(=O)CCN1C(=O)C=CC1=O. The summed E-state index contributed by atoms with van der Waals surface area (Å²) in [6.07, 6.45) is 0.0436. The van der Waals surface area contributed by atoms with Crippen molar-refractivity contribution >= 4 is 35.7 Å². The van der Waals surface area contributed by atoms with Gasteiger partial charge in [0.1, 0.15) is 29.2 Å². The number of rotatable bonds is 16. The maximum atomic E-state index is 16.2. The first kappa shape index (κ1) is 46.1. The van der Waals surface area contributed by atoms with Crippen molar-refractivity contribution in [2.75, 3.05) is 32.7 Å². The predicted molar refractivity (Wildman–Crippen MR) is 217 cm³/mol. The Morgan fingerprint density at radius 1 is 0.984 bits per heavy atom. The second-order valence-corrected chi connectivity index (χ2v) is 17.0. The molecule has 0 aliphatic carbocycles. The number of aromatic nitrogens is 2. The van der Waals surface area contributed by atoms with Gasteiger partial charge in [-0.1, -0.05) is 44.2 Å². The van der Waals surface area contributed by atoms with Gasteiger partial charge in [0.2, 0.25) is 5.91 Å². The fraction of sp³-hybridized carbons (Fsp3) is 0.477. The zero-order valence-electron chi connectivity index (χ0n) is 35.5. The third kappa shape index (κ3) is 11.9. The monoisotopic (exact) mass is 850 g/mol. The minimum absolute atomic E-state index is 0.0242. The number of hydrogen-bond acceptors (Lipinski definition) is 9. The van der Waals surface area contributed by atoms with Gasteiger partial charge in [0, 0.05) is 75.9 Å². The maximum Gasteiger partial charge on any atom is 0.410 e. The second-order valence-electron chi connectivity index (χ2n) is 17.0. The number of likely N-dealkylation sites (tertiary alicyclic amines) is 1. The number of imidazole rings is 1. The Morgan fingerprint density at radius 2 is 1.66 bits per heavy atom. The number of nitrogens with zero attached hydrogens (tertiary/aromatic N) is 5. The number of hydrogen-bond donors (Lipinski definition) is 1. The van der Waals surface area contributed by atoms with Gasteiger partial charge in [-0.2, -0.15) is 0 Å². The molecule has 1 fully saturated rings. The summed E-state index contributed by atoms with van der Waals surface area (Å²) in [6.45, 7) is 10.5. The van der Waals surface area contributed by atoms with E-state index in [1.165, 1.54) is 22.9 Å². The molecule has 0 bridgehead atoms. The Balaban J connectivity index is 1.59. The number of benzene rings is 2. The molecule has 4 atom stereocenters. The van der Waals surface area contributed by atoms with E-state index in [1.54, 1.807) is 39.2 Å². The van der Waals surface area contributed by atoms with Crippen LogP contribution in [0.4, 0.5) is 18.0 Å². The minimum Gasteiger partial charge on any atom is -0.453 e. The number of carbonyl (C=O) groups excluding carboxylic acids is 6. The van der Waals surface area contributed by atoms with Crippen molar-refractivity contribution in [2.45, 2.75) is 91.8 Å². The minimum atomic E-state index is -1.61. The summed E-state index contributed by atoms with van der Waals surface area (Å²) in [6, 6.07) is 11.0. The number of imide groups is 1. The largest absolute Gasteiger partial charge is 0.453 e. The quantitative estimate of drug-likeness (QED) is 0.140. The van der Waals surface area contributed by atoms with Gasteiger partial charge in [0.15, 0.2) is 6.10 Å². The molecular formula is C44H53F3N6O8. The molecule has 5 amide bonds. The molecule has 61 heavy (non-hydrogen) atoms. The highest BCUT2D eigenvalue weighted by Crippen LogP contribution is 2.43. The first-order chi connectivity index (χ1) is 28.6. The Labute approximate surface area is 353 Å². The van der Waals surface area contributed by atoms with Crippen LogP contribution in [-0.2, 0) is 40.0 Å². The van der Waals surface area contributed by atoms with E-state index in [4.69, 9.17) is 14.5 Å². The van der Waals surface area contributed by atoms with Crippen molar-refractivity contribution in [3.8, 4) is 11.3 Å². The van der Waals surface area contributed by atoms with E-state index in [-0.39, 0.29) is 69.2 Å². The lowest BCUT2D eigenvalue weighted by Gasteiger charge is -2.44. The lowest BCUT2D eigenvalue weighted by molar-refractivity contribution is -0.161. The highest BCUT2D eigenvalue weighted by atomic mass is 19.1. The number of carbonyl (C=O) groups is 6. The zero-order chi connectivity index (χ0) is 44.8. The first-order valence-electron chi connectivity index (χ1n) is 20.1. The fourth-order valence-electron chi connectivity index (χ4n) is 7.49. The normalized spacial score (nSPS) is 17.7. The fourth-order valence-corrected chi connectivity index (χ4v) is 7.49. The molecule has 0 radical (unpaired) electrons. The Kier molecular flexibility index (Phi) is 14.5. The molecule has 0 saturated carbocycles.